The van der Waals surface area contributed by atoms with Gasteiger partial charge in [0.25, 0.3) is 0 Å². The van der Waals surface area contributed by atoms with Crippen LogP contribution in [0.15, 0.2) is 30.6 Å². The number of aryl methyl sites for hydroxylation is 2. The first kappa shape index (κ1) is 12.3. The molecule has 0 amide bonds. The summed E-state index contributed by atoms with van der Waals surface area (Å²) in [6.45, 7) is 0. The quantitative estimate of drug-likeness (QED) is 0.747. The van der Waals surface area contributed by atoms with Gasteiger partial charge in [0.1, 0.15) is 11.3 Å². The van der Waals surface area contributed by atoms with Crippen LogP contribution < -0.4 is 0 Å². The van der Waals surface area contributed by atoms with Crippen LogP contribution in [0.3, 0.4) is 0 Å². The van der Waals surface area contributed by atoms with Gasteiger partial charge in [-0.2, -0.15) is 5.10 Å². The van der Waals surface area contributed by atoms with Crippen molar-refractivity contribution in [1.29, 1.82) is 0 Å². The minimum absolute atomic E-state index is 0.160. The lowest BCUT2D eigenvalue weighted by Crippen LogP contribution is -2.00. The number of hydrogen-bond acceptors (Lipinski definition) is 3. The highest BCUT2D eigenvalue weighted by Crippen LogP contribution is 2.33. The topological polar surface area (TPSA) is 80.3 Å². The molecule has 0 fully saturated rings. The summed E-state index contributed by atoms with van der Waals surface area (Å²) >= 11 is 0. The molecule has 0 unspecified atom stereocenters. The maximum atomic E-state index is 11.3. The van der Waals surface area contributed by atoms with Gasteiger partial charge in [-0.1, -0.05) is 0 Å². The van der Waals surface area contributed by atoms with Crippen LogP contribution in [0, 0.1) is 0 Å². The maximum Gasteiger partial charge on any atom is 0.339 e. The number of benzene rings is 1. The van der Waals surface area contributed by atoms with E-state index in [0.29, 0.717) is 5.69 Å². The molecule has 20 heavy (non-hydrogen) atoms. The number of nitrogens with zero attached hydrogens (tertiary/aromatic N) is 3. The smallest absolute Gasteiger partial charge is 0.339 e. The van der Waals surface area contributed by atoms with Crippen molar-refractivity contribution in [2.24, 2.45) is 14.1 Å². The Morgan fingerprint density at radius 3 is 2.75 bits per heavy atom. The van der Waals surface area contributed by atoms with E-state index in [1.165, 1.54) is 6.20 Å². The molecule has 2 N–H and O–H groups in total. The van der Waals surface area contributed by atoms with Crippen LogP contribution in [0.2, 0.25) is 0 Å². The third-order valence-electron chi connectivity index (χ3n) is 3.40. The summed E-state index contributed by atoms with van der Waals surface area (Å²) in [7, 11) is 3.56. The van der Waals surface area contributed by atoms with Gasteiger partial charge in [0, 0.05) is 37.3 Å². The minimum Gasteiger partial charge on any atom is -0.508 e. The summed E-state index contributed by atoms with van der Waals surface area (Å²) in [5.41, 5.74) is 2.32. The van der Waals surface area contributed by atoms with Gasteiger partial charge in [-0.25, -0.2) is 4.79 Å². The minimum atomic E-state index is -1.01. The summed E-state index contributed by atoms with van der Waals surface area (Å²) < 4.78 is 3.40. The van der Waals surface area contributed by atoms with E-state index < -0.39 is 5.97 Å². The number of fused-ring (bicyclic) bond motifs is 1. The van der Waals surface area contributed by atoms with Crippen molar-refractivity contribution in [1.82, 2.24) is 14.3 Å². The van der Waals surface area contributed by atoms with Gasteiger partial charge in [-0.05, 0) is 12.1 Å². The van der Waals surface area contributed by atoms with Crippen molar-refractivity contribution in [3.63, 3.8) is 0 Å². The average molecular weight is 271 g/mol. The maximum absolute atomic E-state index is 11.3. The molecule has 6 nitrogen and oxygen atoms in total. The predicted octanol–water partition coefficient (Wildman–Crippen LogP) is 1.98. The first-order chi connectivity index (χ1) is 9.49. The lowest BCUT2D eigenvalue weighted by molar-refractivity contribution is 0.0697. The SMILES string of the molecule is Cn1ncc(C(=O)O)c1-c1cn(C)c2cc(O)ccc12. The summed E-state index contributed by atoms with van der Waals surface area (Å²) in [4.78, 5) is 11.3. The van der Waals surface area contributed by atoms with E-state index in [4.69, 9.17) is 0 Å². The van der Waals surface area contributed by atoms with Gasteiger partial charge < -0.3 is 14.8 Å². The van der Waals surface area contributed by atoms with Gasteiger partial charge in [0.05, 0.1) is 17.4 Å². The van der Waals surface area contributed by atoms with Crippen molar-refractivity contribution in [2.45, 2.75) is 0 Å². The number of hydrogen-bond donors (Lipinski definition) is 2. The number of rotatable bonds is 2. The second kappa shape index (κ2) is 4.12. The molecule has 0 aliphatic heterocycles. The summed E-state index contributed by atoms with van der Waals surface area (Å²) in [6, 6.07) is 5.01. The predicted molar refractivity (Wildman–Crippen MR) is 73.7 cm³/mol. The Morgan fingerprint density at radius 2 is 2.05 bits per heavy atom. The molecular formula is C14H13N3O3. The molecule has 0 radical (unpaired) electrons. The summed E-state index contributed by atoms with van der Waals surface area (Å²) in [6.07, 6.45) is 3.18. The highest BCUT2D eigenvalue weighted by molar-refractivity contribution is 6.02. The van der Waals surface area contributed by atoms with Gasteiger partial charge in [0.2, 0.25) is 0 Å². The number of aromatic nitrogens is 3. The van der Waals surface area contributed by atoms with Gasteiger partial charge in [0.15, 0.2) is 0 Å². The van der Waals surface area contributed by atoms with Gasteiger partial charge in [-0.15, -0.1) is 0 Å². The molecule has 0 aliphatic carbocycles. The summed E-state index contributed by atoms with van der Waals surface area (Å²) in [5.74, 6) is -0.836. The lowest BCUT2D eigenvalue weighted by Gasteiger charge is -2.02. The molecular weight excluding hydrogens is 258 g/mol. The zero-order valence-electron chi connectivity index (χ0n) is 11.0. The van der Waals surface area contributed by atoms with E-state index in [2.05, 4.69) is 5.10 Å². The number of phenols is 1. The Balaban J connectivity index is 2.36. The Kier molecular flexibility index (Phi) is 2.53. The molecule has 1 aromatic carbocycles. The van der Waals surface area contributed by atoms with Crippen LogP contribution in [0.1, 0.15) is 10.4 Å². The van der Waals surface area contributed by atoms with E-state index >= 15 is 0 Å². The largest absolute Gasteiger partial charge is 0.508 e. The molecule has 3 rings (SSSR count). The number of aromatic hydroxyl groups is 1. The fourth-order valence-corrected chi connectivity index (χ4v) is 2.47. The Morgan fingerprint density at radius 1 is 1.30 bits per heavy atom. The monoisotopic (exact) mass is 271 g/mol. The molecule has 0 aliphatic rings. The number of carbonyl (C=O) groups is 1. The lowest BCUT2D eigenvalue weighted by atomic mass is 10.1. The van der Waals surface area contributed by atoms with Crippen molar-refractivity contribution in [3.8, 4) is 17.0 Å². The van der Waals surface area contributed by atoms with E-state index in [1.807, 2.05) is 17.8 Å². The number of carboxylic acid groups (broad SMARTS) is 1. The fourth-order valence-electron chi connectivity index (χ4n) is 2.47. The third-order valence-corrected chi connectivity index (χ3v) is 3.40. The molecule has 0 atom stereocenters. The molecule has 0 spiro atoms. The molecule has 0 saturated carbocycles. The van der Waals surface area contributed by atoms with Crippen LogP contribution in [0.25, 0.3) is 22.2 Å². The number of carboxylic acids is 1. The summed E-state index contributed by atoms with van der Waals surface area (Å²) in [5, 5.41) is 23.7. The molecule has 0 saturated heterocycles. The Bertz CT molecular complexity index is 830. The zero-order valence-corrected chi connectivity index (χ0v) is 11.0. The molecule has 2 heterocycles. The van der Waals surface area contributed by atoms with E-state index in [1.54, 1.807) is 29.9 Å². The van der Waals surface area contributed by atoms with E-state index in [0.717, 1.165) is 16.5 Å². The second-order valence-electron chi connectivity index (χ2n) is 4.69. The van der Waals surface area contributed by atoms with Crippen LogP contribution in [-0.2, 0) is 14.1 Å². The first-order valence-electron chi connectivity index (χ1n) is 6.02. The van der Waals surface area contributed by atoms with Crippen molar-refractivity contribution >= 4 is 16.9 Å². The highest BCUT2D eigenvalue weighted by atomic mass is 16.4. The first-order valence-corrected chi connectivity index (χ1v) is 6.02. The van der Waals surface area contributed by atoms with E-state index in [-0.39, 0.29) is 11.3 Å². The van der Waals surface area contributed by atoms with Crippen LogP contribution in [0.5, 0.6) is 5.75 Å². The normalized spacial score (nSPS) is 11.1. The number of phenolic OH excluding ortho intramolecular Hbond substituents is 1. The molecule has 3 aromatic rings. The fraction of sp³-hybridized carbons (Fsp3) is 0.143. The average Bonchev–Trinajstić information content (AvgIpc) is 2.91. The van der Waals surface area contributed by atoms with Gasteiger partial charge >= 0.3 is 5.97 Å². The molecule has 0 bridgehead atoms. The van der Waals surface area contributed by atoms with Crippen LogP contribution in [-0.4, -0.2) is 30.5 Å². The Hall–Kier alpha value is -2.76. The van der Waals surface area contributed by atoms with Crippen LogP contribution in [0.4, 0.5) is 0 Å². The standard InChI is InChI=1S/C14H13N3O3/c1-16-7-11(9-4-3-8(18)5-12(9)16)13-10(14(19)20)6-15-17(13)2/h3-7,18H,1-2H3,(H,19,20). The number of aromatic carboxylic acids is 1. The molecule has 6 heteroatoms. The van der Waals surface area contributed by atoms with Crippen molar-refractivity contribution < 1.29 is 15.0 Å². The third kappa shape index (κ3) is 1.65. The molecule has 102 valence electrons. The van der Waals surface area contributed by atoms with Crippen molar-refractivity contribution in [2.75, 3.05) is 0 Å². The van der Waals surface area contributed by atoms with Gasteiger partial charge in [-0.3, -0.25) is 4.68 Å². The van der Waals surface area contributed by atoms with Crippen LogP contribution >= 0.6 is 0 Å². The zero-order chi connectivity index (χ0) is 14.4. The van der Waals surface area contributed by atoms with E-state index in [9.17, 15) is 15.0 Å². The second-order valence-corrected chi connectivity index (χ2v) is 4.69. The molecule has 2 aromatic heterocycles. The Labute approximate surface area is 114 Å². The van der Waals surface area contributed by atoms with Crippen molar-refractivity contribution in [3.05, 3.63) is 36.2 Å². The highest BCUT2D eigenvalue weighted by Gasteiger charge is 2.20.